The van der Waals surface area contributed by atoms with Crippen LogP contribution in [0.4, 0.5) is 0 Å². The molecule has 4 heterocycles. The molecule has 2 N–H and O–H groups in total. The summed E-state index contributed by atoms with van der Waals surface area (Å²) >= 11 is 1.54. The summed E-state index contributed by atoms with van der Waals surface area (Å²) in [4.78, 5) is 21.5. The second-order valence-corrected chi connectivity index (χ2v) is 9.21. The number of fused-ring (bicyclic) bond motifs is 2. The molecule has 1 unspecified atom stereocenters. The van der Waals surface area contributed by atoms with E-state index in [2.05, 4.69) is 20.1 Å². The van der Waals surface area contributed by atoms with Crippen molar-refractivity contribution in [2.75, 3.05) is 26.2 Å². The first-order valence-electron chi connectivity index (χ1n) is 10.1. The number of aromatic nitrogens is 3. The number of carbonyl (C=O) groups excluding carboxylic acids is 1. The van der Waals surface area contributed by atoms with Gasteiger partial charge in [-0.1, -0.05) is 0 Å². The first-order valence-corrected chi connectivity index (χ1v) is 11.0. The third-order valence-corrected chi connectivity index (χ3v) is 6.94. The molecule has 29 heavy (non-hydrogen) atoms. The van der Waals surface area contributed by atoms with Crippen molar-refractivity contribution in [1.29, 1.82) is 0 Å². The molecular weight excluding hydrogens is 386 g/mol. The lowest BCUT2D eigenvalue weighted by atomic mass is 9.90. The van der Waals surface area contributed by atoms with Crippen molar-refractivity contribution in [3.63, 3.8) is 0 Å². The van der Waals surface area contributed by atoms with Gasteiger partial charge in [-0.25, -0.2) is 4.98 Å². The number of H-pyrrole nitrogens is 1. The van der Waals surface area contributed by atoms with E-state index in [-0.39, 0.29) is 5.91 Å². The molecule has 2 aromatic heterocycles. The molecule has 0 radical (unpaired) electrons. The second kappa shape index (κ2) is 7.19. The van der Waals surface area contributed by atoms with E-state index in [4.69, 9.17) is 0 Å². The minimum Gasteiger partial charge on any atom is -0.387 e. The third kappa shape index (κ3) is 3.56. The van der Waals surface area contributed by atoms with Crippen molar-refractivity contribution < 1.29 is 9.90 Å². The number of rotatable bonds is 3. The minimum atomic E-state index is -0.877. The zero-order chi connectivity index (χ0) is 20.0. The summed E-state index contributed by atoms with van der Waals surface area (Å²) in [6, 6.07) is 5.65. The quantitative estimate of drug-likeness (QED) is 0.691. The van der Waals surface area contributed by atoms with Crippen LogP contribution in [0.1, 0.15) is 40.2 Å². The Bertz CT molecular complexity index is 1060. The highest BCUT2D eigenvalue weighted by Crippen LogP contribution is 2.28. The fourth-order valence-electron chi connectivity index (χ4n) is 4.62. The highest BCUT2D eigenvalue weighted by molar-refractivity contribution is 7.16. The van der Waals surface area contributed by atoms with Crippen molar-refractivity contribution in [3.05, 3.63) is 46.2 Å². The van der Waals surface area contributed by atoms with E-state index in [0.717, 1.165) is 54.0 Å². The highest BCUT2D eigenvalue weighted by Gasteiger charge is 2.38. The van der Waals surface area contributed by atoms with Crippen molar-refractivity contribution in [2.45, 2.75) is 38.3 Å². The van der Waals surface area contributed by atoms with E-state index in [1.54, 1.807) is 5.51 Å². The van der Waals surface area contributed by atoms with Crippen LogP contribution in [-0.4, -0.2) is 67.8 Å². The summed E-state index contributed by atoms with van der Waals surface area (Å²) < 4.78 is 1.02. The molecule has 1 fully saturated rings. The molecule has 2 aliphatic rings. The van der Waals surface area contributed by atoms with Gasteiger partial charge in [0.15, 0.2) is 0 Å². The van der Waals surface area contributed by atoms with E-state index in [1.165, 1.54) is 16.9 Å². The Morgan fingerprint density at radius 2 is 2.28 bits per heavy atom. The zero-order valence-corrected chi connectivity index (χ0v) is 17.3. The maximum atomic E-state index is 13.1. The van der Waals surface area contributed by atoms with Gasteiger partial charge in [0.2, 0.25) is 0 Å². The van der Waals surface area contributed by atoms with Crippen LogP contribution in [0.3, 0.4) is 0 Å². The van der Waals surface area contributed by atoms with Crippen LogP contribution < -0.4 is 0 Å². The summed E-state index contributed by atoms with van der Waals surface area (Å²) in [6.07, 6.45) is 2.43. The molecule has 0 aliphatic carbocycles. The number of benzene rings is 1. The lowest BCUT2D eigenvalue weighted by Gasteiger charge is -2.42. The predicted molar refractivity (Wildman–Crippen MR) is 112 cm³/mol. The number of hydrogen-bond acceptors (Lipinski definition) is 6. The van der Waals surface area contributed by atoms with Crippen LogP contribution >= 0.6 is 11.3 Å². The van der Waals surface area contributed by atoms with Crippen LogP contribution in [-0.2, 0) is 13.0 Å². The molecule has 7 nitrogen and oxygen atoms in total. The molecule has 0 bridgehead atoms. The third-order valence-electron chi connectivity index (χ3n) is 6.14. The van der Waals surface area contributed by atoms with E-state index < -0.39 is 5.60 Å². The number of β-amino-alcohol motifs (C(OH)–C–C–N with tert-alkyl or cyclic N) is 1. The molecule has 0 spiro atoms. The van der Waals surface area contributed by atoms with Gasteiger partial charge in [-0.3, -0.25) is 14.8 Å². The minimum absolute atomic E-state index is 0.00923. The smallest absolute Gasteiger partial charge is 0.254 e. The molecule has 1 amide bonds. The predicted octanol–water partition coefficient (Wildman–Crippen LogP) is 2.35. The van der Waals surface area contributed by atoms with Crippen LogP contribution in [0, 0.1) is 6.92 Å². The van der Waals surface area contributed by atoms with Gasteiger partial charge in [0, 0.05) is 49.4 Å². The standard InChI is InChI=1S/C21H25N5O2S/c1-14-16-10-25(8-5-17(16)24-23-14)11-21(28)6-2-7-26(12-21)20(27)15-3-4-18-19(9-15)29-13-22-18/h3-4,9,13,28H,2,5-8,10-12H2,1H3,(H,23,24). The number of aliphatic hydroxyl groups is 1. The van der Waals surface area contributed by atoms with E-state index in [9.17, 15) is 9.90 Å². The SMILES string of the molecule is Cc1[nH]nc2c1CN(CC1(O)CCCN(C(=O)c3ccc4ncsc4c3)C1)CC2. The van der Waals surface area contributed by atoms with Gasteiger partial charge in [0.25, 0.3) is 5.91 Å². The molecule has 2 aliphatic heterocycles. The van der Waals surface area contributed by atoms with Gasteiger partial charge < -0.3 is 10.0 Å². The van der Waals surface area contributed by atoms with Gasteiger partial charge in [0.05, 0.1) is 33.6 Å². The number of carbonyl (C=O) groups is 1. The summed E-state index contributed by atoms with van der Waals surface area (Å²) in [7, 11) is 0. The number of nitrogens with zero attached hydrogens (tertiary/aromatic N) is 4. The fourth-order valence-corrected chi connectivity index (χ4v) is 5.34. The van der Waals surface area contributed by atoms with Gasteiger partial charge in [-0.15, -0.1) is 11.3 Å². The summed E-state index contributed by atoms with van der Waals surface area (Å²) in [5, 5.41) is 18.8. The molecular formula is C21H25N5O2S. The molecule has 5 rings (SSSR count). The summed E-state index contributed by atoms with van der Waals surface area (Å²) in [6.45, 7) is 5.37. The lowest BCUT2D eigenvalue weighted by molar-refractivity contribution is -0.0490. The zero-order valence-electron chi connectivity index (χ0n) is 16.5. The number of amides is 1. The average Bonchev–Trinajstić information content (AvgIpc) is 3.33. The Hall–Kier alpha value is -2.29. The van der Waals surface area contributed by atoms with Crippen molar-refractivity contribution in [1.82, 2.24) is 25.0 Å². The first-order chi connectivity index (χ1) is 14.0. The number of hydrogen-bond donors (Lipinski definition) is 2. The van der Waals surface area contributed by atoms with Gasteiger partial charge in [-0.2, -0.15) is 5.10 Å². The fraction of sp³-hybridized carbons (Fsp3) is 0.476. The highest BCUT2D eigenvalue weighted by atomic mass is 32.1. The van der Waals surface area contributed by atoms with Gasteiger partial charge in [-0.05, 0) is 38.0 Å². The maximum absolute atomic E-state index is 13.1. The number of thiazole rings is 1. The number of aryl methyl sites for hydroxylation is 1. The number of piperidine rings is 1. The van der Waals surface area contributed by atoms with E-state index in [1.807, 2.05) is 30.0 Å². The normalized spacial score (nSPS) is 22.8. The Balaban J connectivity index is 1.29. The molecule has 152 valence electrons. The Labute approximate surface area is 173 Å². The van der Waals surface area contributed by atoms with Crippen LogP contribution in [0.25, 0.3) is 10.2 Å². The summed E-state index contributed by atoms with van der Waals surface area (Å²) in [5.74, 6) is -0.00923. The van der Waals surface area contributed by atoms with Gasteiger partial charge in [0.1, 0.15) is 0 Å². The monoisotopic (exact) mass is 411 g/mol. The maximum Gasteiger partial charge on any atom is 0.254 e. The second-order valence-electron chi connectivity index (χ2n) is 8.32. The molecule has 3 aromatic rings. The van der Waals surface area contributed by atoms with Gasteiger partial charge >= 0.3 is 0 Å². The van der Waals surface area contributed by atoms with Crippen molar-refractivity contribution in [2.24, 2.45) is 0 Å². The van der Waals surface area contributed by atoms with Crippen molar-refractivity contribution in [3.8, 4) is 0 Å². The Kier molecular flexibility index (Phi) is 4.64. The Morgan fingerprint density at radius 3 is 3.17 bits per heavy atom. The van der Waals surface area contributed by atoms with Crippen LogP contribution in [0.15, 0.2) is 23.7 Å². The number of aromatic amines is 1. The molecule has 0 saturated carbocycles. The first kappa shape index (κ1) is 18.7. The van der Waals surface area contributed by atoms with E-state index in [0.29, 0.717) is 25.2 Å². The van der Waals surface area contributed by atoms with Crippen LogP contribution in [0.2, 0.25) is 0 Å². The molecule has 1 aromatic carbocycles. The van der Waals surface area contributed by atoms with E-state index >= 15 is 0 Å². The average molecular weight is 412 g/mol. The lowest BCUT2D eigenvalue weighted by Crippen LogP contribution is -2.56. The molecule has 1 atom stereocenters. The molecule has 8 heteroatoms. The topological polar surface area (TPSA) is 85.4 Å². The molecule has 1 saturated heterocycles. The number of likely N-dealkylation sites (tertiary alicyclic amines) is 1. The number of nitrogens with one attached hydrogen (secondary N) is 1. The largest absolute Gasteiger partial charge is 0.387 e. The summed E-state index contributed by atoms with van der Waals surface area (Å²) in [5.41, 5.74) is 6.01. The van der Waals surface area contributed by atoms with Crippen molar-refractivity contribution >= 4 is 27.5 Å². The Morgan fingerprint density at radius 1 is 1.38 bits per heavy atom. The van der Waals surface area contributed by atoms with Crippen LogP contribution in [0.5, 0.6) is 0 Å².